The number of nitrogens with one attached hydrogen (secondary N) is 2. The highest BCUT2D eigenvalue weighted by Crippen LogP contribution is 2.35. The van der Waals surface area contributed by atoms with Crippen molar-refractivity contribution in [1.82, 2.24) is 0 Å². The second-order valence-corrected chi connectivity index (χ2v) is 10.8. The van der Waals surface area contributed by atoms with Gasteiger partial charge in [-0.1, -0.05) is 17.8 Å². The van der Waals surface area contributed by atoms with Crippen molar-refractivity contribution < 1.29 is 22.7 Å². The molecule has 164 valence electrons. The Morgan fingerprint density at radius 2 is 1.90 bits per heavy atom. The van der Waals surface area contributed by atoms with Crippen LogP contribution in [0.5, 0.6) is 11.5 Å². The molecule has 0 aromatic heterocycles. The van der Waals surface area contributed by atoms with Gasteiger partial charge in [-0.2, -0.15) is 0 Å². The lowest BCUT2D eigenvalue weighted by atomic mass is 10.1. The summed E-state index contributed by atoms with van der Waals surface area (Å²) in [4.78, 5) is 17.4. The van der Waals surface area contributed by atoms with Crippen LogP contribution in [-0.4, -0.2) is 56.5 Å². The third-order valence-electron chi connectivity index (χ3n) is 5.22. The molecule has 0 unspecified atom stereocenters. The molecule has 10 heteroatoms. The van der Waals surface area contributed by atoms with Crippen molar-refractivity contribution in [3.63, 3.8) is 0 Å². The molecule has 2 aliphatic heterocycles. The van der Waals surface area contributed by atoms with Crippen molar-refractivity contribution in [2.45, 2.75) is 18.2 Å². The van der Waals surface area contributed by atoms with Gasteiger partial charge in [-0.3, -0.25) is 9.79 Å². The lowest BCUT2D eigenvalue weighted by Gasteiger charge is -2.14. The van der Waals surface area contributed by atoms with E-state index in [1.807, 2.05) is 13.0 Å². The van der Waals surface area contributed by atoms with Crippen molar-refractivity contribution >= 4 is 44.0 Å². The molecule has 2 heterocycles. The Hall–Kier alpha value is -2.72. The van der Waals surface area contributed by atoms with Gasteiger partial charge in [0.2, 0.25) is 0 Å². The Bertz CT molecular complexity index is 1160. The molecule has 2 aromatic carbocycles. The monoisotopic (exact) mass is 461 g/mol. The predicted octanol–water partition coefficient (Wildman–Crippen LogP) is 2.94. The lowest BCUT2D eigenvalue weighted by molar-refractivity contribution is 0.102. The van der Waals surface area contributed by atoms with Gasteiger partial charge < -0.3 is 20.1 Å². The van der Waals surface area contributed by atoms with Gasteiger partial charge in [0.1, 0.15) is 11.5 Å². The molecule has 1 saturated heterocycles. The Labute approximate surface area is 185 Å². The van der Waals surface area contributed by atoms with E-state index in [2.05, 4.69) is 15.6 Å². The molecule has 1 amide bonds. The van der Waals surface area contributed by atoms with Gasteiger partial charge in [-0.05, 0) is 36.8 Å². The zero-order valence-electron chi connectivity index (χ0n) is 17.3. The molecule has 8 nitrogen and oxygen atoms in total. The van der Waals surface area contributed by atoms with E-state index in [1.54, 1.807) is 37.4 Å². The topological polar surface area (TPSA) is 106 Å². The van der Waals surface area contributed by atoms with Crippen LogP contribution in [0.1, 0.15) is 15.9 Å². The third kappa shape index (κ3) is 4.64. The minimum Gasteiger partial charge on any atom is -0.497 e. The predicted molar refractivity (Wildman–Crippen MR) is 124 cm³/mol. The molecule has 31 heavy (non-hydrogen) atoms. The fraction of sp³-hybridized carbons (Fsp3) is 0.333. The van der Waals surface area contributed by atoms with E-state index in [0.29, 0.717) is 27.9 Å². The Morgan fingerprint density at radius 1 is 1.10 bits per heavy atom. The summed E-state index contributed by atoms with van der Waals surface area (Å²) in [5, 5.41) is 6.76. The van der Waals surface area contributed by atoms with Crippen LogP contribution >= 0.6 is 11.8 Å². The molecule has 2 atom stereocenters. The highest BCUT2D eigenvalue weighted by atomic mass is 32.2. The number of carbonyl (C=O) groups is 1. The summed E-state index contributed by atoms with van der Waals surface area (Å²) in [6.45, 7) is 1.93. The van der Waals surface area contributed by atoms with E-state index in [0.717, 1.165) is 11.3 Å². The fourth-order valence-electron chi connectivity index (χ4n) is 3.53. The molecule has 2 aromatic rings. The maximum atomic E-state index is 12.8. The SMILES string of the molecule is COc1ccc(NC(=O)c2ccc(C)c(NC3=N[C@@H]4CS(=O)(=O)C[C@@H]4S3)c2)c(OC)c1. The normalized spacial score (nSPS) is 21.2. The first-order chi connectivity index (χ1) is 14.8. The fourth-order valence-corrected chi connectivity index (χ4v) is 7.19. The summed E-state index contributed by atoms with van der Waals surface area (Å²) < 4.78 is 34.0. The first-order valence-electron chi connectivity index (χ1n) is 9.64. The van der Waals surface area contributed by atoms with Crippen LogP contribution in [0.15, 0.2) is 41.4 Å². The summed E-state index contributed by atoms with van der Waals surface area (Å²) in [5.41, 5.74) is 2.71. The summed E-state index contributed by atoms with van der Waals surface area (Å²) in [5.74, 6) is 1.10. The number of anilines is 2. The van der Waals surface area contributed by atoms with Gasteiger partial charge in [0.05, 0.1) is 37.5 Å². The first kappa shape index (κ1) is 21.5. The molecule has 0 spiro atoms. The van der Waals surface area contributed by atoms with Crippen molar-refractivity contribution in [2.24, 2.45) is 4.99 Å². The average molecular weight is 462 g/mol. The Balaban J connectivity index is 1.50. The molecule has 0 radical (unpaired) electrons. The van der Waals surface area contributed by atoms with E-state index < -0.39 is 9.84 Å². The number of sulfone groups is 1. The van der Waals surface area contributed by atoms with Crippen molar-refractivity contribution in [1.29, 1.82) is 0 Å². The van der Waals surface area contributed by atoms with Crippen LogP contribution in [-0.2, 0) is 9.84 Å². The zero-order chi connectivity index (χ0) is 22.2. The van der Waals surface area contributed by atoms with E-state index in [1.165, 1.54) is 18.9 Å². The Kier molecular flexibility index (Phi) is 5.85. The second kappa shape index (κ2) is 8.43. The van der Waals surface area contributed by atoms with Gasteiger partial charge in [0.15, 0.2) is 15.0 Å². The van der Waals surface area contributed by atoms with Crippen LogP contribution in [0.2, 0.25) is 0 Å². The van der Waals surface area contributed by atoms with Gasteiger partial charge in [0.25, 0.3) is 5.91 Å². The minimum absolute atomic E-state index is 0.0400. The molecule has 2 N–H and O–H groups in total. The number of aliphatic imine (C=N–C) groups is 1. The summed E-state index contributed by atoms with van der Waals surface area (Å²) in [6, 6.07) is 10.3. The average Bonchev–Trinajstić information content (AvgIpc) is 3.22. The van der Waals surface area contributed by atoms with Crippen LogP contribution in [0.3, 0.4) is 0 Å². The number of thioether (sulfide) groups is 1. The molecule has 0 saturated carbocycles. The Morgan fingerprint density at radius 3 is 2.61 bits per heavy atom. The number of methoxy groups -OCH3 is 2. The number of fused-ring (bicyclic) bond motifs is 1. The van der Waals surface area contributed by atoms with E-state index in [9.17, 15) is 13.2 Å². The lowest BCUT2D eigenvalue weighted by Crippen LogP contribution is -2.15. The molecular formula is C21H23N3O5S2. The van der Waals surface area contributed by atoms with Crippen molar-refractivity contribution in [3.8, 4) is 11.5 Å². The number of aryl methyl sites for hydroxylation is 1. The van der Waals surface area contributed by atoms with E-state index >= 15 is 0 Å². The van der Waals surface area contributed by atoms with Crippen LogP contribution < -0.4 is 20.1 Å². The molecule has 1 fully saturated rings. The van der Waals surface area contributed by atoms with E-state index in [-0.39, 0.29) is 28.7 Å². The largest absolute Gasteiger partial charge is 0.497 e. The number of ether oxygens (including phenoxy) is 2. The maximum Gasteiger partial charge on any atom is 0.255 e. The van der Waals surface area contributed by atoms with Crippen LogP contribution in [0.25, 0.3) is 0 Å². The summed E-state index contributed by atoms with van der Waals surface area (Å²) >= 11 is 1.44. The quantitative estimate of drug-likeness (QED) is 0.705. The van der Waals surface area contributed by atoms with Gasteiger partial charge >= 0.3 is 0 Å². The highest BCUT2D eigenvalue weighted by Gasteiger charge is 2.42. The van der Waals surface area contributed by atoms with Crippen LogP contribution in [0, 0.1) is 6.92 Å². The number of carbonyl (C=O) groups excluding carboxylic acids is 1. The van der Waals surface area contributed by atoms with E-state index in [4.69, 9.17) is 9.47 Å². The molecule has 4 rings (SSSR count). The maximum absolute atomic E-state index is 12.8. The number of rotatable bonds is 5. The number of amidine groups is 1. The molecule has 0 aliphatic carbocycles. The molecule has 0 bridgehead atoms. The van der Waals surface area contributed by atoms with Gasteiger partial charge in [0, 0.05) is 22.6 Å². The number of hydrogen-bond donors (Lipinski definition) is 2. The van der Waals surface area contributed by atoms with Gasteiger partial charge in [-0.25, -0.2) is 8.42 Å². The number of benzene rings is 2. The number of hydrogen-bond acceptors (Lipinski definition) is 8. The summed E-state index contributed by atoms with van der Waals surface area (Å²) in [7, 11) is 0.0944. The highest BCUT2D eigenvalue weighted by molar-refractivity contribution is 8.15. The summed E-state index contributed by atoms with van der Waals surface area (Å²) in [6.07, 6.45) is 0. The third-order valence-corrected chi connectivity index (χ3v) is 8.36. The second-order valence-electron chi connectivity index (χ2n) is 7.41. The van der Waals surface area contributed by atoms with Crippen molar-refractivity contribution in [2.75, 3.05) is 36.4 Å². The van der Waals surface area contributed by atoms with Crippen LogP contribution in [0.4, 0.5) is 11.4 Å². The zero-order valence-corrected chi connectivity index (χ0v) is 19.0. The molecular weight excluding hydrogens is 438 g/mol. The number of nitrogens with zero attached hydrogens (tertiary/aromatic N) is 1. The van der Waals surface area contributed by atoms with Gasteiger partial charge in [-0.15, -0.1) is 0 Å². The standard InChI is InChI=1S/C21H23N3O5S2/c1-12-4-5-13(20(25)22-15-7-6-14(28-2)9-18(15)29-3)8-16(12)23-21-24-17-10-31(26,27)11-19(17)30-21/h4-9,17,19H,10-11H2,1-3H3,(H,22,25)(H,23,24)/t17-,19+/m1/s1. The number of amides is 1. The first-order valence-corrected chi connectivity index (χ1v) is 12.3. The smallest absolute Gasteiger partial charge is 0.255 e. The molecule has 2 aliphatic rings. The minimum atomic E-state index is -2.99. The van der Waals surface area contributed by atoms with Crippen molar-refractivity contribution in [3.05, 3.63) is 47.5 Å².